The molecule has 3 rings (SSSR count). The highest BCUT2D eigenvalue weighted by Crippen LogP contribution is 2.25. The van der Waals surface area contributed by atoms with Crippen LogP contribution >= 0.6 is 0 Å². The second kappa shape index (κ2) is 4.77. The molecule has 1 aromatic carbocycles. The molecule has 1 amide bonds. The Morgan fingerprint density at radius 3 is 2.95 bits per heavy atom. The van der Waals surface area contributed by atoms with Gasteiger partial charge in [0.15, 0.2) is 5.82 Å². The van der Waals surface area contributed by atoms with Gasteiger partial charge in [0.1, 0.15) is 11.5 Å². The number of halogens is 1. The molecule has 20 heavy (non-hydrogen) atoms. The summed E-state index contributed by atoms with van der Waals surface area (Å²) < 4.78 is 15.2. The number of anilines is 1. The molecule has 0 aliphatic heterocycles. The minimum Gasteiger partial charge on any atom is -0.312 e. The van der Waals surface area contributed by atoms with Crippen molar-refractivity contribution < 1.29 is 10.6 Å². The van der Waals surface area contributed by atoms with Crippen LogP contribution in [0.15, 0.2) is 42.7 Å². The van der Waals surface area contributed by atoms with Gasteiger partial charge in [-0.2, -0.15) is 0 Å². The molecule has 0 bridgehead atoms. The van der Waals surface area contributed by atoms with Crippen molar-refractivity contribution in [1.82, 2.24) is 9.38 Å². The Labute approximate surface area is 116 Å². The molecule has 102 valence electrons. The molecule has 2 heterocycles. The molecule has 0 saturated heterocycles. The van der Waals surface area contributed by atoms with E-state index in [2.05, 4.69) is 10.3 Å². The summed E-state index contributed by atoms with van der Waals surface area (Å²) in [6, 6.07) is 8.42. The van der Waals surface area contributed by atoms with Crippen LogP contribution in [0.2, 0.25) is 0 Å². The van der Waals surface area contributed by atoms with Crippen LogP contribution in [0.3, 0.4) is 0 Å². The van der Waals surface area contributed by atoms with Crippen molar-refractivity contribution in [3.05, 3.63) is 54.1 Å². The predicted octanol–water partition coefficient (Wildman–Crippen LogP) is 3.26. The smallest absolute Gasteiger partial charge is 0.212 e. The van der Waals surface area contributed by atoms with Crippen LogP contribution in [0.4, 0.5) is 10.2 Å². The zero-order chi connectivity index (χ0) is 14.1. The van der Waals surface area contributed by atoms with Crippen molar-refractivity contribution in [3.63, 3.8) is 0 Å². The molecule has 1 N–H and O–H groups in total. The summed E-state index contributed by atoms with van der Waals surface area (Å²) in [6.45, 7) is 1.94. The molecule has 5 heteroatoms. The number of rotatable bonds is 3. The van der Waals surface area contributed by atoms with Crippen LogP contribution in [0.25, 0.3) is 16.8 Å². The number of fused-ring (bicyclic) bond motifs is 1. The minimum absolute atomic E-state index is 0. The monoisotopic (exact) mass is 271 g/mol. The minimum atomic E-state index is -0.264. The third kappa shape index (κ3) is 2.14. The SMILES string of the molecule is Cc1ccc(F)cc1-c1ccc2nc(NC=O)cn2c1.[HH]. The van der Waals surface area contributed by atoms with Gasteiger partial charge in [0.2, 0.25) is 6.41 Å². The number of aryl methyl sites for hydroxylation is 1. The molecule has 2 aromatic heterocycles. The second-order valence-corrected chi connectivity index (χ2v) is 4.53. The fraction of sp³-hybridized carbons (Fsp3) is 0.0667. The first-order valence-electron chi connectivity index (χ1n) is 6.13. The third-order valence-electron chi connectivity index (χ3n) is 3.17. The maximum absolute atomic E-state index is 13.4. The molecule has 0 radical (unpaired) electrons. The lowest BCUT2D eigenvalue weighted by atomic mass is 10.0. The van der Waals surface area contributed by atoms with Crippen LogP contribution in [0.5, 0.6) is 0 Å². The maximum atomic E-state index is 13.4. The van der Waals surface area contributed by atoms with Gasteiger partial charge >= 0.3 is 0 Å². The summed E-state index contributed by atoms with van der Waals surface area (Å²) in [7, 11) is 0. The molecule has 0 saturated carbocycles. The maximum Gasteiger partial charge on any atom is 0.212 e. The van der Waals surface area contributed by atoms with Gasteiger partial charge in [-0.25, -0.2) is 9.37 Å². The van der Waals surface area contributed by atoms with Gasteiger partial charge in [-0.3, -0.25) is 4.79 Å². The average Bonchev–Trinajstić information content (AvgIpc) is 2.83. The molecule has 0 spiro atoms. The van der Waals surface area contributed by atoms with Crippen molar-refractivity contribution in [2.24, 2.45) is 0 Å². The number of pyridine rings is 1. The first kappa shape index (κ1) is 12.3. The highest BCUT2D eigenvalue weighted by molar-refractivity contribution is 5.72. The zero-order valence-corrected chi connectivity index (χ0v) is 10.8. The second-order valence-electron chi connectivity index (χ2n) is 4.53. The lowest BCUT2D eigenvalue weighted by molar-refractivity contribution is -0.105. The predicted molar refractivity (Wildman–Crippen MR) is 77.1 cm³/mol. The van der Waals surface area contributed by atoms with E-state index in [0.29, 0.717) is 17.9 Å². The molecule has 3 aromatic rings. The van der Waals surface area contributed by atoms with Gasteiger partial charge in [-0.05, 0) is 47.9 Å². The molecule has 0 fully saturated rings. The summed E-state index contributed by atoms with van der Waals surface area (Å²) in [5.74, 6) is 0.216. The van der Waals surface area contributed by atoms with Crippen LogP contribution in [-0.2, 0) is 4.79 Å². The Balaban J connectivity index is 0.00000161. The highest BCUT2D eigenvalue weighted by Gasteiger charge is 2.06. The van der Waals surface area contributed by atoms with Gasteiger partial charge in [-0.15, -0.1) is 0 Å². The lowest BCUT2D eigenvalue weighted by Gasteiger charge is -2.06. The normalized spacial score (nSPS) is 10.7. The number of nitrogens with one attached hydrogen (secondary N) is 1. The summed E-state index contributed by atoms with van der Waals surface area (Å²) in [4.78, 5) is 14.6. The summed E-state index contributed by atoms with van der Waals surface area (Å²) in [5.41, 5.74) is 3.44. The molecular weight excluding hydrogens is 257 g/mol. The summed E-state index contributed by atoms with van der Waals surface area (Å²) in [6.07, 6.45) is 4.15. The number of nitrogens with zero attached hydrogens (tertiary/aromatic N) is 2. The number of carbonyl (C=O) groups is 1. The fourth-order valence-electron chi connectivity index (χ4n) is 2.19. The zero-order valence-electron chi connectivity index (χ0n) is 10.8. The van der Waals surface area contributed by atoms with Crippen LogP contribution in [0, 0.1) is 12.7 Å². The first-order valence-corrected chi connectivity index (χ1v) is 6.13. The Morgan fingerprint density at radius 1 is 1.30 bits per heavy atom. The van der Waals surface area contributed by atoms with Crippen molar-refractivity contribution >= 4 is 17.9 Å². The largest absolute Gasteiger partial charge is 0.312 e. The number of hydrogen-bond donors (Lipinski definition) is 1. The number of benzene rings is 1. The number of carbonyl (C=O) groups excluding carboxylic acids is 1. The van der Waals surface area contributed by atoms with E-state index >= 15 is 0 Å². The van der Waals surface area contributed by atoms with Gasteiger partial charge in [0.05, 0.1) is 6.20 Å². The van der Waals surface area contributed by atoms with E-state index in [-0.39, 0.29) is 7.24 Å². The topological polar surface area (TPSA) is 46.4 Å². The average molecular weight is 271 g/mol. The van der Waals surface area contributed by atoms with Crippen molar-refractivity contribution in [1.29, 1.82) is 0 Å². The van der Waals surface area contributed by atoms with Crippen molar-refractivity contribution in [3.8, 4) is 11.1 Å². The van der Waals surface area contributed by atoms with Crippen LogP contribution in [-0.4, -0.2) is 15.8 Å². The number of amides is 1. The quantitative estimate of drug-likeness (QED) is 0.743. The molecule has 0 aliphatic carbocycles. The van der Waals surface area contributed by atoms with E-state index in [0.717, 1.165) is 16.7 Å². The molecule has 4 nitrogen and oxygen atoms in total. The van der Waals surface area contributed by atoms with Crippen molar-refractivity contribution in [2.75, 3.05) is 5.32 Å². The molecule has 0 unspecified atom stereocenters. The highest BCUT2D eigenvalue weighted by atomic mass is 19.1. The van der Waals surface area contributed by atoms with Gasteiger partial charge in [0, 0.05) is 7.62 Å². The van der Waals surface area contributed by atoms with E-state index in [9.17, 15) is 9.18 Å². The van der Waals surface area contributed by atoms with E-state index in [1.165, 1.54) is 12.1 Å². The summed E-state index contributed by atoms with van der Waals surface area (Å²) >= 11 is 0. The van der Waals surface area contributed by atoms with Gasteiger partial charge in [0.25, 0.3) is 0 Å². The van der Waals surface area contributed by atoms with Gasteiger partial charge in [-0.1, -0.05) is 6.07 Å². The Hall–Kier alpha value is -2.69. The number of hydrogen-bond acceptors (Lipinski definition) is 2. The Bertz CT molecular complexity index is 801. The Kier molecular flexibility index (Phi) is 2.95. The molecular formula is C15H14FN3O. The molecule has 0 atom stereocenters. The van der Waals surface area contributed by atoms with E-state index in [1.54, 1.807) is 16.7 Å². The summed E-state index contributed by atoms with van der Waals surface area (Å²) in [5, 5.41) is 2.50. The van der Waals surface area contributed by atoms with Gasteiger partial charge < -0.3 is 9.72 Å². The van der Waals surface area contributed by atoms with E-state index in [1.807, 2.05) is 25.3 Å². The lowest BCUT2D eigenvalue weighted by Crippen LogP contribution is -1.92. The number of aromatic nitrogens is 2. The van der Waals surface area contributed by atoms with E-state index in [4.69, 9.17) is 0 Å². The Morgan fingerprint density at radius 2 is 2.15 bits per heavy atom. The molecule has 0 aliphatic rings. The fourth-order valence-corrected chi connectivity index (χ4v) is 2.19. The van der Waals surface area contributed by atoms with E-state index < -0.39 is 0 Å². The third-order valence-corrected chi connectivity index (χ3v) is 3.17. The first-order chi connectivity index (χ1) is 9.67. The van der Waals surface area contributed by atoms with Crippen molar-refractivity contribution in [2.45, 2.75) is 6.92 Å². The van der Waals surface area contributed by atoms with Crippen LogP contribution < -0.4 is 5.32 Å². The van der Waals surface area contributed by atoms with Crippen LogP contribution in [0.1, 0.15) is 6.99 Å². The number of imidazole rings is 1. The standard InChI is InChI=1S/C15H12FN3O.H2/c1-10-2-4-12(16)6-13(10)11-3-5-15-18-14(17-9-20)8-19(15)7-11;/h2-9H,1H3,(H,17,20);1H.